The molecule has 1 atom stereocenters. The van der Waals surface area contributed by atoms with Crippen LogP contribution in [0.25, 0.3) is 0 Å². The van der Waals surface area contributed by atoms with Crippen molar-refractivity contribution in [3.8, 4) is 5.75 Å². The third-order valence-corrected chi connectivity index (χ3v) is 7.97. The summed E-state index contributed by atoms with van der Waals surface area (Å²) in [5, 5.41) is 21.3. The topological polar surface area (TPSA) is 108 Å². The van der Waals surface area contributed by atoms with Gasteiger partial charge in [-0.05, 0) is 67.0 Å². The highest BCUT2D eigenvalue weighted by atomic mass is 127. The van der Waals surface area contributed by atoms with Gasteiger partial charge in [-0.3, -0.25) is 4.72 Å². The zero-order chi connectivity index (χ0) is 23.7. The van der Waals surface area contributed by atoms with Crippen LogP contribution < -0.4 is 14.8 Å². The van der Waals surface area contributed by atoms with Crippen LogP contribution in [0.2, 0.25) is 0 Å². The average molecular weight is 586 g/mol. The van der Waals surface area contributed by atoms with Crippen molar-refractivity contribution in [2.75, 3.05) is 23.3 Å². The van der Waals surface area contributed by atoms with Gasteiger partial charge in [0.05, 0.1) is 29.8 Å². The van der Waals surface area contributed by atoms with Crippen LogP contribution in [0.15, 0.2) is 24.3 Å². The van der Waals surface area contributed by atoms with Crippen molar-refractivity contribution < 1.29 is 36.5 Å². The minimum atomic E-state index is -4.23. The van der Waals surface area contributed by atoms with Crippen molar-refractivity contribution in [3.63, 3.8) is 0 Å². The van der Waals surface area contributed by atoms with E-state index in [9.17, 15) is 26.7 Å². The van der Waals surface area contributed by atoms with E-state index in [4.69, 9.17) is 9.84 Å². The molecule has 12 heteroatoms. The van der Waals surface area contributed by atoms with Gasteiger partial charge in [0.15, 0.2) is 11.6 Å². The molecule has 0 saturated heterocycles. The van der Waals surface area contributed by atoms with E-state index in [2.05, 4.69) is 10.0 Å². The summed E-state index contributed by atoms with van der Waals surface area (Å²) in [4.78, 5) is 0. The minimum Gasteiger partial charge on any atom is -0.491 e. The predicted molar refractivity (Wildman–Crippen MR) is 122 cm³/mol. The van der Waals surface area contributed by atoms with E-state index in [1.807, 2.05) is 22.6 Å². The molecular formula is C20H22F3IN2O5S. The van der Waals surface area contributed by atoms with E-state index in [1.165, 1.54) is 18.2 Å². The Morgan fingerprint density at radius 2 is 1.88 bits per heavy atom. The lowest BCUT2D eigenvalue weighted by Gasteiger charge is -2.23. The fourth-order valence-corrected chi connectivity index (χ4v) is 5.47. The number of sulfonamides is 1. The minimum absolute atomic E-state index is 0.0193. The van der Waals surface area contributed by atoms with E-state index in [0.29, 0.717) is 9.64 Å². The van der Waals surface area contributed by atoms with E-state index in [1.54, 1.807) is 6.92 Å². The number of aliphatic hydroxyl groups is 2. The molecule has 0 heterocycles. The molecule has 1 fully saturated rings. The predicted octanol–water partition coefficient (Wildman–Crippen LogP) is 3.87. The Balaban J connectivity index is 2.08. The Kier molecular flexibility index (Phi) is 7.47. The Bertz CT molecular complexity index is 1110. The normalized spacial score (nSPS) is 15.8. The molecule has 0 aromatic heterocycles. The maximum atomic E-state index is 14.8. The van der Waals surface area contributed by atoms with Gasteiger partial charge in [-0.2, -0.15) is 0 Å². The molecule has 0 radical (unpaired) electrons. The molecule has 7 nitrogen and oxygen atoms in total. The summed E-state index contributed by atoms with van der Waals surface area (Å²) in [5.74, 6) is -3.79. The van der Waals surface area contributed by atoms with Gasteiger partial charge < -0.3 is 20.3 Å². The number of hydrogen-bond donors (Lipinski definition) is 4. The Morgan fingerprint density at radius 1 is 1.19 bits per heavy atom. The third kappa shape index (κ3) is 5.07. The highest BCUT2D eigenvalue weighted by molar-refractivity contribution is 14.1. The summed E-state index contributed by atoms with van der Waals surface area (Å²) in [6, 6.07) is 4.71. The first-order valence-corrected chi connectivity index (χ1v) is 12.3. The van der Waals surface area contributed by atoms with E-state index >= 15 is 0 Å². The molecular weight excluding hydrogens is 564 g/mol. The first kappa shape index (κ1) is 24.9. The smallest absolute Gasteiger partial charge is 0.238 e. The standard InChI is InChI=1S/C20H22F3IN2O5S/c1-2-31-16-8-14(22)17(23)19(25-15-4-3-11(24)7-13(15)21)18(16)26-32(29,30)20(5-6-20)9-12(28)10-27/h3-4,7-8,12,25-28H,2,5-6,9-10H2,1H3. The highest BCUT2D eigenvalue weighted by Crippen LogP contribution is 2.49. The van der Waals surface area contributed by atoms with Crippen LogP contribution in [-0.2, 0) is 10.0 Å². The number of anilines is 3. The van der Waals surface area contributed by atoms with E-state index in [0.717, 1.165) is 0 Å². The number of halogens is 4. The van der Waals surface area contributed by atoms with Gasteiger partial charge in [-0.15, -0.1) is 0 Å². The van der Waals surface area contributed by atoms with Gasteiger partial charge in [-0.1, -0.05) is 0 Å². The zero-order valence-electron chi connectivity index (χ0n) is 17.0. The Labute approximate surface area is 197 Å². The summed E-state index contributed by atoms with van der Waals surface area (Å²) in [7, 11) is -4.23. The van der Waals surface area contributed by atoms with Gasteiger partial charge in [0.1, 0.15) is 22.9 Å². The number of ether oxygens (including phenoxy) is 1. The van der Waals surface area contributed by atoms with Crippen LogP contribution in [0.5, 0.6) is 5.75 Å². The van der Waals surface area contributed by atoms with Crippen LogP contribution in [0, 0.1) is 21.0 Å². The monoisotopic (exact) mass is 586 g/mol. The second kappa shape index (κ2) is 9.61. The summed E-state index contributed by atoms with van der Waals surface area (Å²) in [6.45, 7) is 0.975. The SMILES string of the molecule is CCOc1cc(F)c(F)c(Nc2ccc(I)cc2F)c1NS(=O)(=O)C1(CC(O)CO)CC1. The summed E-state index contributed by atoms with van der Waals surface area (Å²) in [6.07, 6.45) is -1.08. The summed E-state index contributed by atoms with van der Waals surface area (Å²) in [5.41, 5.74) is -1.27. The Morgan fingerprint density at radius 3 is 2.44 bits per heavy atom. The summed E-state index contributed by atoms with van der Waals surface area (Å²) < 4.78 is 76.5. The highest BCUT2D eigenvalue weighted by Gasteiger charge is 2.55. The lowest BCUT2D eigenvalue weighted by molar-refractivity contribution is 0.0858. The molecule has 4 N–H and O–H groups in total. The van der Waals surface area contributed by atoms with Gasteiger partial charge in [0.2, 0.25) is 10.0 Å². The Hall–Kier alpha value is -1.77. The molecule has 1 saturated carbocycles. The molecule has 0 amide bonds. The second-order valence-electron chi connectivity index (χ2n) is 7.43. The molecule has 2 aromatic carbocycles. The van der Waals surface area contributed by atoms with Crippen molar-refractivity contribution in [2.24, 2.45) is 0 Å². The van der Waals surface area contributed by atoms with Crippen LogP contribution in [0.1, 0.15) is 26.2 Å². The van der Waals surface area contributed by atoms with Crippen molar-refractivity contribution in [2.45, 2.75) is 37.0 Å². The average Bonchev–Trinajstić information content (AvgIpc) is 3.51. The lowest BCUT2D eigenvalue weighted by Crippen LogP contribution is -2.34. The number of rotatable bonds is 10. The fourth-order valence-electron chi connectivity index (χ4n) is 3.28. The second-order valence-corrected chi connectivity index (χ2v) is 10.8. The van der Waals surface area contributed by atoms with Gasteiger partial charge in [-0.25, -0.2) is 21.6 Å². The summed E-state index contributed by atoms with van der Waals surface area (Å²) >= 11 is 1.88. The maximum absolute atomic E-state index is 14.8. The van der Waals surface area contributed by atoms with Crippen molar-refractivity contribution in [1.29, 1.82) is 0 Å². The first-order valence-electron chi connectivity index (χ1n) is 9.71. The van der Waals surface area contributed by atoms with Crippen molar-refractivity contribution in [1.82, 2.24) is 0 Å². The maximum Gasteiger partial charge on any atom is 0.238 e. The third-order valence-electron chi connectivity index (χ3n) is 5.11. The molecule has 3 rings (SSSR count). The largest absolute Gasteiger partial charge is 0.491 e. The lowest BCUT2D eigenvalue weighted by atomic mass is 10.2. The molecule has 32 heavy (non-hydrogen) atoms. The zero-order valence-corrected chi connectivity index (χ0v) is 19.9. The number of hydrogen-bond acceptors (Lipinski definition) is 6. The molecule has 1 unspecified atom stereocenters. The number of benzene rings is 2. The van der Waals surface area contributed by atoms with Crippen LogP contribution >= 0.6 is 22.6 Å². The van der Waals surface area contributed by atoms with Crippen LogP contribution in [-0.4, -0.2) is 42.7 Å². The molecule has 1 aliphatic rings. The van der Waals surface area contributed by atoms with Gasteiger partial charge >= 0.3 is 0 Å². The van der Waals surface area contributed by atoms with Crippen LogP contribution in [0.4, 0.5) is 30.2 Å². The molecule has 2 aromatic rings. The van der Waals surface area contributed by atoms with Gasteiger partial charge in [0, 0.05) is 9.64 Å². The van der Waals surface area contributed by atoms with Crippen molar-refractivity contribution in [3.05, 3.63) is 45.3 Å². The molecule has 1 aliphatic carbocycles. The quantitative estimate of drug-likeness (QED) is 0.315. The molecule has 0 spiro atoms. The number of nitrogens with one attached hydrogen (secondary N) is 2. The van der Waals surface area contributed by atoms with Gasteiger partial charge in [0.25, 0.3) is 0 Å². The van der Waals surface area contributed by atoms with Crippen molar-refractivity contribution >= 4 is 49.7 Å². The van der Waals surface area contributed by atoms with Crippen LogP contribution in [0.3, 0.4) is 0 Å². The molecule has 176 valence electrons. The fraction of sp³-hybridized carbons (Fsp3) is 0.400. The van der Waals surface area contributed by atoms with E-state index in [-0.39, 0.29) is 37.3 Å². The number of aliphatic hydroxyl groups excluding tert-OH is 2. The molecule has 0 bridgehead atoms. The van der Waals surface area contributed by atoms with E-state index < -0.39 is 56.3 Å². The first-order chi connectivity index (χ1) is 15.0. The molecule has 0 aliphatic heterocycles.